The average Bonchev–Trinajstić information content (AvgIpc) is 3.29. The molecule has 1 aliphatic carbocycles. The summed E-state index contributed by atoms with van der Waals surface area (Å²) in [6.45, 7) is 3.50. The number of hydrogen-bond acceptors (Lipinski definition) is 4. The molecule has 0 atom stereocenters. The Balaban J connectivity index is 1.97. The number of carbonyl (C=O) groups excluding carboxylic acids is 2. The molecular weight excluding hydrogens is 310 g/mol. The summed E-state index contributed by atoms with van der Waals surface area (Å²) in [6, 6.07) is 8.32. The molecule has 1 aromatic heterocycles. The largest absolute Gasteiger partial charge is 0.462 e. The summed E-state index contributed by atoms with van der Waals surface area (Å²) in [4.78, 5) is 23.7. The zero-order chi connectivity index (χ0) is 16.4. The third-order valence-electron chi connectivity index (χ3n) is 3.83. The topological polar surface area (TPSA) is 55.4 Å². The highest BCUT2D eigenvalue weighted by molar-refractivity contribution is 7.15. The third-order valence-corrected chi connectivity index (χ3v) is 4.73. The van der Waals surface area contributed by atoms with Crippen LogP contribution in [0.3, 0.4) is 0 Å². The second kappa shape index (κ2) is 6.54. The van der Waals surface area contributed by atoms with E-state index in [-0.39, 0.29) is 5.91 Å². The van der Waals surface area contributed by atoms with E-state index in [9.17, 15) is 9.59 Å². The summed E-state index contributed by atoms with van der Waals surface area (Å²) in [5.41, 5.74) is 3.56. The normalized spacial score (nSPS) is 13.7. The fraction of sp³-hybridized carbons (Fsp3) is 0.333. The number of rotatable bonds is 5. The van der Waals surface area contributed by atoms with Gasteiger partial charge in [-0.1, -0.05) is 24.3 Å². The van der Waals surface area contributed by atoms with Gasteiger partial charge in [0.2, 0.25) is 5.91 Å². The molecule has 1 amide bonds. The summed E-state index contributed by atoms with van der Waals surface area (Å²) in [5, 5.41) is 5.15. The molecule has 1 heterocycles. The predicted molar refractivity (Wildman–Crippen MR) is 92.0 cm³/mol. The van der Waals surface area contributed by atoms with Crippen molar-refractivity contribution in [3.05, 3.63) is 40.8 Å². The number of carbonyl (C=O) groups is 2. The molecule has 0 bridgehead atoms. The minimum Gasteiger partial charge on any atom is -0.462 e. The molecule has 1 N–H and O–H groups in total. The SMILES string of the molecule is CCOC(=O)c1c(-c2ccc(C3CC3)cc2)csc1NC(C)=O. The van der Waals surface area contributed by atoms with Crippen LogP contribution in [0.25, 0.3) is 11.1 Å². The maximum Gasteiger partial charge on any atom is 0.341 e. The van der Waals surface area contributed by atoms with E-state index in [1.165, 1.54) is 36.7 Å². The smallest absolute Gasteiger partial charge is 0.341 e. The summed E-state index contributed by atoms with van der Waals surface area (Å²) in [7, 11) is 0. The standard InChI is InChI=1S/C18H19NO3S/c1-3-22-18(21)16-15(10-23-17(16)19-11(2)20)14-8-6-13(7-9-14)12-4-5-12/h6-10,12H,3-5H2,1-2H3,(H,19,20). The predicted octanol–water partition coefficient (Wildman–Crippen LogP) is 4.43. The Morgan fingerprint density at radius 2 is 1.96 bits per heavy atom. The summed E-state index contributed by atoms with van der Waals surface area (Å²) < 4.78 is 5.16. The zero-order valence-corrected chi connectivity index (χ0v) is 14.0. The molecule has 1 fully saturated rings. The van der Waals surface area contributed by atoms with Crippen molar-refractivity contribution in [2.75, 3.05) is 11.9 Å². The highest BCUT2D eigenvalue weighted by atomic mass is 32.1. The molecule has 0 aliphatic heterocycles. The van der Waals surface area contributed by atoms with E-state index < -0.39 is 5.97 Å². The van der Waals surface area contributed by atoms with Gasteiger partial charge in [0.25, 0.3) is 0 Å². The molecule has 1 aromatic carbocycles. The first-order valence-electron chi connectivity index (χ1n) is 7.76. The lowest BCUT2D eigenvalue weighted by atomic mass is 10.0. The van der Waals surface area contributed by atoms with Gasteiger partial charge in [0.1, 0.15) is 10.6 Å². The molecule has 0 saturated heterocycles. The number of hydrogen-bond donors (Lipinski definition) is 1. The number of nitrogens with one attached hydrogen (secondary N) is 1. The van der Waals surface area contributed by atoms with Crippen molar-refractivity contribution in [1.82, 2.24) is 0 Å². The fourth-order valence-electron chi connectivity index (χ4n) is 2.58. The van der Waals surface area contributed by atoms with E-state index in [0.29, 0.717) is 23.1 Å². The van der Waals surface area contributed by atoms with Gasteiger partial charge in [-0.2, -0.15) is 0 Å². The van der Waals surface area contributed by atoms with Crippen molar-refractivity contribution in [2.45, 2.75) is 32.6 Å². The summed E-state index contributed by atoms with van der Waals surface area (Å²) >= 11 is 1.34. The molecule has 0 radical (unpaired) electrons. The lowest BCUT2D eigenvalue weighted by molar-refractivity contribution is -0.114. The van der Waals surface area contributed by atoms with E-state index in [2.05, 4.69) is 17.4 Å². The number of ether oxygens (including phenoxy) is 1. The minimum atomic E-state index is -0.404. The molecule has 1 aliphatic rings. The number of benzene rings is 1. The molecule has 1 saturated carbocycles. The fourth-order valence-corrected chi connectivity index (χ4v) is 3.58. The molecule has 5 heteroatoms. The van der Waals surface area contributed by atoms with Crippen LogP contribution in [-0.4, -0.2) is 18.5 Å². The van der Waals surface area contributed by atoms with Crippen LogP contribution in [0.4, 0.5) is 5.00 Å². The zero-order valence-electron chi connectivity index (χ0n) is 13.2. The highest BCUT2D eigenvalue weighted by Gasteiger charge is 2.25. The Kier molecular flexibility index (Phi) is 4.48. The van der Waals surface area contributed by atoms with Gasteiger partial charge in [0.15, 0.2) is 0 Å². The summed E-state index contributed by atoms with van der Waals surface area (Å²) in [5.74, 6) is 0.0952. The van der Waals surface area contributed by atoms with Crippen LogP contribution in [0.2, 0.25) is 0 Å². The highest BCUT2D eigenvalue weighted by Crippen LogP contribution is 2.41. The van der Waals surface area contributed by atoms with E-state index in [1.54, 1.807) is 6.92 Å². The lowest BCUT2D eigenvalue weighted by Crippen LogP contribution is -2.11. The van der Waals surface area contributed by atoms with E-state index in [4.69, 9.17) is 4.74 Å². The number of esters is 1. The quantitative estimate of drug-likeness (QED) is 0.826. The van der Waals surface area contributed by atoms with Gasteiger partial charge in [0.05, 0.1) is 6.61 Å². The van der Waals surface area contributed by atoms with Crippen LogP contribution in [0.1, 0.15) is 48.5 Å². The minimum absolute atomic E-state index is 0.201. The van der Waals surface area contributed by atoms with Gasteiger partial charge in [-0.15, -0.1) is 11.3 Å². The Labute approximate surface area is 139 Å². The molecule has 0 spiro atoms. The van der Waals surface area contributed by atoms with Crippen LogP contribution in [0, 0.1) is 0 Å². The number of amides is 1. The van der Waals surface area contributed by atoms with Crippen molar-refractivity contribution < 1.29 is 14.3 Å². The van der Waals surface area contributed by atoms with Crippen molar-refractivity contribution >= 4 is 28.2 Å². The maximum atomic E-state index is 12.3. The molecular formula is C18H19NO3S. The van der Waals surface area contributed by atoms with Crippen molar-refractivity contribution in [2.24, 2.45) is 0 Å². The second-order valence-electron chi connectivity index (χ2n) is 5.65. The van der Waals surface area contributed by atoms with Crippen LogP contribution in [0.15, 0.2) is 29.6 Å². The van der Waals surface area contributed by atoms with Crippen LogP contribution < -0.4 is 5.32 Å². The second-order valence-corrected chi connectivity index (χ2v) is 6.53. The van der Waals surface area contributed by atoms with E-state index in [0.717, 1.165) is 11.1 Å². The van der Waals surface area contributed by atoms with Crippen molar-refractivity contribution in [3.8, 4) is 11.1 Å². The van der Waals surface area contributed by atoms with Gasteiger partial charge in [-0.05, 0) is 36.8 Å². The average molecular weight is 329 g/mol. The Hall–Kier alpha value is -2.14. The van der Waals surface area contributed by atoms with Crippen LogP contribution in [-0.2, 0) is 9.53 Å². The Morgan fingerprint density at radius 1 is 1.26 bits per heavy atom. The lowest BCUT2D eigenvalue weighted by Gasteiger charge is -2.08. The Bertz CT molecular complexity index is 729. The first-order valence-corrected chi connectivity index (χ1v) is 8.64. The number of anilines is 1. The maximum absolute atomic E-state index is 12.3. The Morgan fingerprint density at radius 3 is 2.52 bits per heavy atom. The first kappa shape index (κ1) is 15.7. The third kappa shape index (κ3) is 3.45. The van der Waals surface area contributed by atoms with Gasteiger partial charge in [-0.3, -0.25) is 4.79 Å². The van der Waals surface area contributed by atoms with Crippen LogP contribution >= 0.6 is 11.3 Å². The van der Waals surface area contributed by atoms with Crippen molar-refractivity contribution in [1.29, 1.82) is 0 Å². The molecule has 3 rings (SSSR count). The molecule has 2 aromatic rings. The van der Waals surface area contributed by atoms with Crippen LogP contribution in [0.5, 0.6) is 0 Å². The summed E-state index contributed by atoms with van der Waals surface area (Å²) in [6.07, 6.45) is 2.52. The van der Waals surface area contributed by atoms with Gasteiger partial charge in [0, 0.05) is 17.9 Å². The molecule has 0 unspecified atom stereocenters. The monoisotopic (exact) mass is 329 g/mol. The molecule has 23 heavy (non-hydrogen) atoms. The van der Waals surface area contributed by atoms with Gasteiger partial charge >= 0.3 is 5.97 Å². The molecule has 120 valence electrons. The van der Waals surface area contributed by atoms with E-state index >= 15 is 0 Å². The van der Waals surface area contributed by atoms with Gasteiger partial charge in [-0.25, -0.2) is 4.79 Å². The van der Waals surface area contributed by atoms with E-state index in [1.807, 2.05) is 17.5 Å². The molecule has 4 nitrogen and oxygen atoms in total. The van der Waals surface area contributed by atoms with Gasteiger partial charge < -0.3 is 10.1 Å². The van der Waals surface area contributed by atoms with Crippen molar-refractivity contribution in [3.63, 3.8) is 0 Å². The number of thiophene rings is 1. The first-order chi connectivity index (χ1) is 11.1.